The monoisotopic (exact) mass is 299 g/mol. The topological polar surface area (TPSA) is 78.6 Å². The number of nitrogen functional groups attached to an aromatic ring is 1. The Balaban J connectivity index is 2.88. The third kappa shape index (κ3) is 4.13. The predicted octanol–water partition coefficient (Wildman–Crippen LogP) is 2.81. The van der Waals surface area contributed by atoms with Crippen LogP contribution in [0.15, 0.2) is 18.2 Å². The molecule has 0 saturated heterocycles. The smallest absolute Gasteiger partial charge is 0.347 e. The van der Waals surface area contributed by atoms with E-state index in [2.05, 4.69) is 0 Å². The van der Waals surface area contributed by atoms with Gasteiger partial charge in [-0.15, -0.1) is 0 Å². The minimum atomic E-state index is -0.942. The molecule has 2 N–H and O–H groups in total. The highest BCUT2D eigenvalue weighted by atomic mass is 35.5. The van der Waals surface area contributed by atoms with E-state index in [1.807, 2.05) is 6.92 Å². The third-order valence-corrected chi connectivity index (χ3v) is 2.91. The summed E-state index contributed by atoms with van der Waals surface area (Å²) in [6, 6.07) is 4.71. The molecular weight excluding hydrogens is 282 g/mol. The second-order valence-corrected chi connectivity index (χ2v) is 4.55. The fourth-order valence-corrected chi connectivity index (χ4v) is 1.93. The van der Waals surface area contributed by atoms with Crippen LogP contribution >= 0.6 is 11.6 Å². The molecule has 1 atom stereocenters. The molecule has 6 heteroatoms. The molecule has 20 heavy (non-hydrogen) atoms. The van der Waals surface area contributed by atoms with E-state index < -0.39 is 18.0 Å². The van der Waals surface area contributed by atoms with Gasteiger partial charge in [-0.1, -0.05) is 31.0 Å². The summed E-state index contributed by atoms with van der Waals surface area (Å²) in [5.41, 5.74) is 5.98. The number of rotatable bonds is 6. The number of hydrogen-bond acceptors (Lipinski definition) is 5. The molecule has 0 aliphatic rings. The minimum Gasteiger partial charge on any atom is -0.463 e. The molecule has 0 bridgehead atoms. The normalized spacial score (nSPS) is 11.8. The molecule has 0 radical (unpaired) electrons. The van der Waals surface area contributed by atoms with Gasteiger partial charge >= 0.3 is 11.9 Å². The average Bonchev–Trinajstić information content (AvgIpc) is 2.38. The van der Waals surface area contributed by atoms with Crippen molar-refractivity contribution in [1.29, 1.82) is 0 Å². The van der Waals surface area contributed by atoms with E-state index in [1.54, 1.807) is 19.1 Å². The number of anilines is 1. The maximum atomic E-state index is 12.1. The van der Waals surface area contributed by atoms with Crippen molar-refractivity contribution < 1.29 is 19.1 Å². The van der Waals surface area contributed by atoms with Crippen molar-refractivity contribution in [2.24, 2.45) is 0 Å². The first kappa shape index (κ1) is 16.3. The number of halogens is 1. The van der Waals surface area contributed by atoms with Crippen LogP contribution in [0.5, 0.6) is 0 Å². The first-order valence-corrected chi connectivity index (χ1v) is 6.80. The molecule has 0 aliphatic heterocycles. The number of ether oxygens (including phenoxy) is 2. The maximum absolute atomic E-state index is 12.1. The van der Waals surface area contributed by atoms with Crippen LogP contribution < -0.4 is 5.73 Å². The summed E-state index contributed by atoms with van der Waals surface area (Å²) in [6.45, 7) is 3.80. The van der Waals surface area contributed by atoms with E-state index in [0.717, 1.165) is 0 Å². The number of carbonyl (C=O) groups excluding carboxylic acids is 2. The van der Waals surface area contributed by atoms with E-state index in [9.17, 15) is 9.59 Å². The van der Waals surface area contributed by atoms with Gasteiger partial charge in [0.1, 0.15) is 5.56 Å². The molecule has 1 unspecified atom stereocenters. The van der Waals surface area contributed by atoms with Gasteiger partial charge in [-0.25, -0.2) is 9.59 Å². The number of carbonyl (C=O) groups is 2. The Hall–Kier alpha value is -1.75. The molecule has 1 aromatic rings. The fourth-order valence-electron chi connectivity index (χ4n) is 1.67. The molecular formula is C14H18ClNO4. The van der Waals surface area contributed by atoms with Crippen molar-refractivity contribution >= 4 is 29.2 Å². The molecule has 1 rings (SSSR count). The summed E-state index contributed by atoms with van der Waals surface area (Å²) >= 11 is 5.93. The zero-order valence-electron chi connectivity index (χ0n) is 11.5. The Labute approximate surface area is 123 Å². The average molecular weight is 300 g/mol. The lowest BCUT2D eigenvalue weighted by Crippen LogP contribution is -2.29. The number of hydrogen-bond donors (Lipinski definition) is 1. The Morgan fingerprint density at radius 2 is 2.05 bits per heavy atom. The van der Waals surface area contributed by atoms with Crippen molar-refractivity contribution in [2.75, 3.05) is 12.3 Å². The van der Waals surface area contributed by atoms with Crippen LogP contribution in [0, 0.1) is 0 Å². The largest absolute Gasteiger partial charge is 0.463 e. The van der Waals surface area contributed by atoms with Crippen molar-refractivity contribution in [3.05, 3.63) is 28.8 Å². The Bertz CT molecular complexity index is 470. The van der Waals surface area contributed by atoms with Gasteiger partial charge < -0.3 is 15.2 Å². The van der Waals surface area contributed by atoms with Gasteiger partial charge in [0.15, 0.2) is 6.10 Å². The van der Waals surface area contributed by atoms with Gasteiger partial charge in [0, 0.05) is 5.69 Å². The molecule has 0 fully saturated rings. The summed E-state index contributed by atoms with van der Waals surface area (Å²) in [7, 11) is 0. The summed E-state index contributed by atoms with van der Waals surface area (Å²) in [5.74, 6) is -1.28. The standard InChI is InChI=1S/C14H18ClNO4/c1-3-6-11(13(17)19-4-2)20-14(18)12-9(15)7-5-8-10(12)16/h5,7-8,11H,3-4,6,16H2,1-2H3. The van der Waals surface area contributed by atoms with Crippen LogP contribution in [-0.4, -0.2) is 24.6 Å². The molecule has 0 heterocycles. The lowest BCUT2D eigenvalue weighted by atomic mass is 10.1. The third-order valence-electron chi connectivity index (χ3n) is 2.60. The van der Waals surface area contributed by atoms with Crippen molar-refractivity contribution in [1.82, 2.24) is 0 Å². The van der Waals surface area contributed by atoms with Crippen molar-refractivity contribution in [2.45, 2.75) is 32.8 Å². The molecule has 0 saturated carbocycles. The summed E-state index contributed by atoms with van der Waals surface area (Å²) in [4.78, 5) is 23.8. The molecule has 0 amide bonds. The Morgan fingerprint density at radius 3 is 2.60 bits per heavy atom. The van der Waals surface area contributed by atoms with Crippen LogP contribution in [0.3, 0.4) is 0 Å². The fraction of sp³-hybridized carbons (Fsp3) is 0.429. The van der Waals surface area contributed by atoms with E-state index in [-0.39, 0.29) is 22.9 Å². The highest BCUT2D eigenvalue weighted by molar-refractivity contribution is 6.34. The van der Waals surface area contributed by atoms with Gasteiger partial charge in [-0.05, 0) is 25.5 Å². The Morgan fingerprint density at radius 1 is 1.35 bits per heavy atom. The van der Waals surface area contributed by atoms with Crippen LogP contribution in [-0.2, 0) is 14.3 Å². The lowest BCUT2D eigenvalue weighted by Gasteiger charge is -2.16. The lowest BCUT2D eigenvalue weighted by molar-refractivity contribution is -0.153. The number of nitrogens with two attached hydrogens (primary N) is 1. The zero-order chi connectivity index (χ0) is 15.1. The molecule has 1 aromatic carbocycles. The highest BCUT2D eigenvalue weighted by Crippen LogP contribution is 2.23. The highest BCUT2D eigenvalue weighted by Gasteiger charge is 2.26. The molecule has 0 aliphatic carbocycles. The van der Waals surface area contributed by atoms with Gasteiger partial charge in [0.2, 0.25) is 0 Å². The number of esters is 2. The predicted molar refractivity (Wildman–Crippen MR) is 76.6 cm³/mol. The van der Waals surface area contributed by atoms with Crippen LogP contribution in [0.2, 0.25) is 5.02 Å². The summed E-state index contributed by atoms with van der Waals surface area (Å²) < 4.78 is 10.0. The van der Waals surface area contributed by atoms with Gasteiger partial charge in [-0.2, -0.15) is 0 Å². The first-order chi connectivity index (χ1) is 9.51. The molecule has 5 nitrogen and oxygen atoms in total. The van der Waals surface area contributed by atoms with Crippen LogP contribution in [0.25, 0.3) is 0 Å². The molecule has 110 valence electrons. The van der Waals surface area contributed by atoms with E-state index >= 15 is 0 Å². The second kappa shape index (κ2) is 7.75. The van der Waals surface area contributed by atoms with Crippen molar-refractivity contribution in [3.8, 4) is 0 Å². The molecule has 0 aromatic heterocycles. The van der Waals surface area contributed by atoms with Gasteiger partial charge in [-0.3, -0.25) is 0 Å². The van der Waals surface area contributed by atoms with Crippen LogP contribution in [0.4, 0.5) is 5.69 Å². The maximum Gasteiger partial charge on any atom is 0.347 e. The SMILES string of the molecule is CCCC(OC(=O)c1c(N)cccc1Cl)C(=O)OCC. The Kier molecular flexibility index (Phi) is 6.31. The first-order valence-electron chi connectivity index (χ1n) is 6.42. The number of benzene rings is 1. The van der Waals surface area contributed by atoms with E-state index in [0.29, 0.717) is 12.8 Å². The van der Waals surface area contributed by atoms with E-state index in [1.165, 1.54) is 6.07 Å². The minimum absolute atomic E-state index is 0.0690. The quantitative estimate of drug-likeness (QED) is 0.645. The van der Waals surface area contributed by atoms with E-state index in [4.69, 9.17) is 26.8 Å². The summed E-state index contributed by atoms with van der Waals surface area (Å²) in [6.07, 6.45) is 0.118. The second-order valence-electron chi connectivity index (χ2n) is 4.14. The summed E-state index contributed by atoms with van der Waals surface area (Å²) in [5, 5.41) is 0.189. The zero-order valence-corrected chi connectivity index (χ0v) is 12.3. The molecule has 0 spiro atoms. The van der Waals surface area contributed by atoms with Gasteiger partial charge in [0.05, 0.1) is 11.6 Å². The van der Waals surface area contributed by atoms with Crippen molar-refractivity contribution in [3.63, 3.8) is 0 Å². The van der Waals surface area contributed by atoms with Gasteiger partial charge in [0.25, 0.3) is 0 Å². The van der Waals surface area contributed by atoms with Crippen LogP contribution in [0.1, 0.15) is 37.0 Å².